The summed E-state index contributed by atoms with van der Waals surface area (Å²) in [5, 5.41) is 1.40. The maximum Gasteiger partial charge on any atom is 0.0453 e. The second kappa shape index (κ2) is 5.39. The fourth-order valence-electron chi connectivity index (χ4n) is 1.72. The van der Waals surface area contributed by atoms with Crippen LogP contribution in [0.3, 0.4) is 0 Å². The Morgan fingerprint density at radius 3 is 2.25 bits per heavy atom. The van der Waals surface area contributed by atoms with E-state index in [-0.39, 0.29) is 5.54 Å². The number of nitrogens with two attached hydrogens (primary N) is 1. The van der Waals surface area contributed by atoms with Crippen LogP contribution in [0.15, 0.2) is 18.2 Å². The van der Waals surface area contributed by atoms with Gasteiger partial charge in [-0.05, 0) is 37.0 Å². The van der Waals surface area contributed by atoms with Crippen LogP contribution in [0.2, 0.25) is 10.0 Å². The van der Waals surface area contributed by atoms with E-state index >= 15 is 0 Å². The summed E-state index contributed by atoms with van der Waals surface area (Å²) < 4.78 is 0. The first-order chi connectivity index (χ1) is 7.38. The minimum absolute atomic E-state index is 0.274. The molecule has 0 aromatic heterocycles. The number of halogens is 2. The molecule has 2 unspecified atom stereocenters. The molecule has 0 heterocycles. The van der Waals surface area contributed by atoms with Crippen molar-refractivity contribution in [1.29, 1.82) is 0 Å². The molecule has 2 atom stereocenters. The third-order valence-electron chi connectivity index (χ3n) is 3.36. The van der Waals surface area contributed by atoms with Crippen molar-refractivity contribution in [1.82, 2.24) is 0 Å². The van der Waals surface area contributed by atoms with Crippen molar-refractivity contribution >= 4 is 23.2 Å². The quantitative estimate of drug-likeness (QED) is 0.858. The van der Waals surface area contributed by atoms with E-state index < -0.39 is 0 Å². The smallest absolute Gasteiger partial charge is 0.0453 e. The molecule has 0 amide bonds. The van der Waals surface area contributed by atoms with E-state index in [1.807, 2.05) is 18.2 Å². The normalized spacial score (nSPS) is 16.9. The van der Waals surface area contributed by atoms with Gasteiger partial charge >= 0.3 is 0 Å². The third-order valence-corrected chi connectivity index (χ3v) is 4.07. The van der Waals surface area contributed by atoms with Gasteiger partial charge in [0.15, 0.2) is 0 Å². The van der Waals surface area contributed by atoms with Crippen LogP contribution < -0.4 is 5.73 Å². The minimum Gasteiger partial charge on any atom is -0.325 e. The molecule has 1 rings (SSSR count). The largest absolute Gasteiger partial charge is 0.325 e. The number of benzene rings is 1. The third kappa shape index (κ3) is 3.13. The van der Waals surface area contributed by atoms with Crippen molar-refractivity contribution < 1.29 is 0 Å². The van der Waals surface area contributed by atoms with Crippen molar-refractivity contribution in [3.8, 4) is 0 Å². The first-order valence-corrected chi connectivity index (χ1v) is 6.36. The van der Waals surface area contributed by atoms with Gasteiger partial charge in [0.1, 0.15) is 0 Å². The first kappa shape index (κ1) is 13.8. The van der Waals surface area contributed by atoms with E-state index in [4.69, 9.17) is 28.9 Å². The molecule has 90 valence electrons. The predicted octanol–water partition coefficient (Wildman–Crippen LogP) is 4.30. The van der Waals surface area contributed by atoms with Gasteiger partial charge in [-0.3, -0.25) is 0 Å². The molecule has 0 spiro atoms. The Balaban J connectivity index is 2.96. The molecule has 1 aromatic carbocycles. The molecule has 0 saturated heterocycles. The summed E-state index contributed by atoms with van der Waals surface area (Å²) in [5.41, 5.74) is 7.00. The topological polar surface area (TPSA) is 26.0 Å². The van der Waals surface area contributed by atoms with Crippen LogP contribution in [-0.2, 0) is 6.42 Å². The Morgan fingerprint density at radius 1 is 1.31 bits per heavy atom. The Bertz CT molecular complexity index is 341. The van der Waals surface area contributed by atoms with Gasteiger partial charge in [0.25, 0.3) is 0 Å². The van der Waals surface area contributed by atoms with Gasteiger partial charge in [0.05, 0.1) is 0 Å². The van der Waals surface area contributed by atoms with E-state index in [0.29, 0.717) is 22.4 Å². The summed E-state index contributed by atoms with van der Waals surface area (Å²) in [5.74, 6) is 0.430. The van der Waals surface area contributed by atoms with Crippen LogP contribution in [-0.4, -0.2) is 5.54 Å². The summed E-state index contributed by atoms with van der Waals surface area (Å²) in [6, 6.07) is 5.57. The van der Waals surface area contributed by atoms with Crippen LogP contribution in [0.5, 0.6) is 0 Å². The van der Waals surface area contributed by atoms with E-state index in [0.717, 1.165) is 12.0 Å². The van der Waals surface area contributed by atoms with Gasteiger partial charge in [-0.15, -0.1) is 0 Å². The number of hydrogen-bond acceptors (Lipinski definition) is 1. The molecular weight excluding hydrogens is 241 g/mol. The molecule has 1 aromatic rings. The molecule has 2 N–H and O–H groups in total. The molecule has 0 aliphatic carbocycles. The highest BCUT2D eigenvalue weighted by Crippen LogP contribution is 2.30. The van der Waals surface area contributed by atoms with Crippen LogP contribution in [0, 0.1) is 5.92 Å². The Labute approximate surface area is 108 Å². The van der Waals surface area contributed by atoms with E-state index in [1.165, 1.54) is 0 Å². The molecule has 0 bridgehead atoms. The van der Waals surface area contributed by atoms with Crippen LogP contribution >= 0.6 is 23.2 Å². The lowest BCUT2D eigenvalue weighted by Gasteiger charge is -2.31. The number of hydrogen-bond donors (Lipinski definition) is 1. The van der Waals surface area contributed by atoms with E-state index in [9.17, 15) is 0 Å². The van der Waals surface area contributed by atoms with Gasteiger partial charge in [-0.2, -0.15) is 0 Å². The van der Waals surface area contributed by atoms with Gasteiger partial charge in [-0.25, -0.2) is 0 Å². The summed E-state index contributed by atoms with van der Waals surface area (Å²) in [4.78, 5) is 0. The summed E-state index contributed by atoms with van der Waals surface area (Å²) in [6.07, 6.45) is 1.76. The van der Waals surface area contributed by atoms with Crippen molar-refractivity contribution in [3.05, 3.63) is 33.8 Å². The highest BCUT2D eigenvalue weighted by molar-refractivity contribution is 6.36. The summed E-state index contributed by atoms with van der Waals surface area (Å²) in [7, 11) is 0. The van der Waals surface area contributed by atoms with E-state index in [2.05, 4.69) is 20.8 Å². The molecule has 16 heavy (non-hydrogen) atoms. The van der Waals surface area contributed by atoms with Gasteiger partial charge in [0.2, 0.25) is 0 Å². The van der Waals surface area contributed by atoms with Crippen LogP contribution in [0.25, 0.3) is 0 Å². The molecule has 0 radical (unpaired) electrons. The second-order valence-electron chi connectivity index (χ2n) is 4.69. The monoisotopic (exact) mass is 259 g/mol. The van der Waals surface area contributed by atoms with Gasteiger partial charge in [-0.1, -0.05) is 49.5 Å². The molecular formula is C13H19Cl2N. The van der Waals surface area contributed by atoms with E-state index in [1.54, 1.807) is 0 Å². The van der Waals surface area contributed by atoms with Gasteiger partial charge in [0, 0.05) is 15.6 Å². The lowest BCUT2D eigenvalue weighted by molar-refractivity contribution is 0.306. The Hall–Kier alpha value is -0.240. The average molecular weight is 260 g/mol. The summed E-state index contributed by atoms with van der Waals surface area (Å²) >= 11 is 12.3. The lowest BCUT2D eigenvalue weighted by Crippen LogP contribution is -2.45. The predicted molar refractivity (Wildman–Crippen MR) is 72.2 cm³/mol. The van der Waals surface area contributed by atoms with Crippen LogP contribution in [0.1, 0.15) is 32.8 Å². The second-order valence-corrected chi connectivity index (χ2v) is 5.51. The highest BCUT2D eigenvalue weighted by Gasteiger charge is 2.27. The average Bonchev–Trinajstić information content (AvgIpc) is 2.22. The zero-order chi connectivity index (χ0) is 12.3. The molecule has 3 heteroatoms. The van der Waals surface area contributed by atoms with Crippen molar-refractivity contribution in [3.63, 3.8) is 0 Å². The molecule has 0 aliphatic heterocycles. The van der Waals surface area contributed by atoms with Crippen molar-refractivity contribution in [2.24, 2.45) is 11.7 Å². The van der Waals surface area contributed by atoms with Crippen molar-refractivity contribution in [2.75, 3.05) is 0 Å². The van der Waals surface area contributed by atoms with Crippen LogP contribution in [0.4, 0.5) is 0 Å². The Kier molecular flexibility index (Phi) is 4.66. The molecule has 0 fully saturated rings. The number of rotatable bonds is 4. The highest BCUT2D eigenvalue weighted by atomic mass is 35.5. The fraction of sp³-hybridized carbons (Fsp3) is 0.538. The maximum absolute atomic E-state index is 6.32. The molecule has 1 nitrogen and oxygen atoms in total. The Morgan fingerprint density at radius 2 is 1.81 bits per heavy atom. The van der Waals surface area contributed by atoms with Crippen molar-refractivity contribution in [2.45, 2.75) is 39.2 Å². The SMILES string of the molecule is CCC(C)C(C)(N)Cc1c(Cl)cccc1Cl. The molecule has 0 saturated carbocycles. The zero-order valence-corrected chi connectivity index (χ0v) is 11.6. The lowest BCUT2D eigenvalue weighted by atomic mass is 9.81. The standard InChI is InChI=1S/C13H19Cl2N/c1-4-9(2)13(3,16)8-10-11(14)6-5-7-12(10)15/h5-7,9H,4,8,16H2,1-3H3. The zero-order valence-electron chi connectivity index (χ0n) is 10.1. The minimum atomic E-state index is -0.274. The van der Waals surface area contributed by atoms with Gasteiger partial charge < -0.3 is 5.73 Å². The summed E-state index contributed by atoms with van der Waals surface area (Å²) in [6.45, 7) is 6.36. The maximum atomic E-state index is 6.32. The fourth-order valence-corrected chi connectivity index (χ4v) is 2.25. The first-order valence-electron chi connectivity index (χ1n) is 5.60. The molecule has 0 aliphatic rings.